The van der Waals surface area contributed by atoms with Crippen LogP contribution in [0.15, 0.2) is 89.5 Å². The number of para-hydroxylation sites is 1. The summed E-state index contributed by atoms with van der Waals surface area (Å²) in [6.07, 6.45) is 2.81. The van der Waals surface area contributed by atoms with Crippen molar-refractivity contribution >= 4 is 50.2 Å². The van der Waals surface area contributed by atoms with E-state index >= 15 is 0 Å². The highest BCUT2D eigenvalue weighted by atomic mass is 35.5. The molecule has 164 valence electrons. The lowest BCUT2D eigenvalue weighted by Crippen LogP contribution is -2.13. The first-order valence-corrected chi connectivity index (χ1v) is 11.7. The van der Waals surface area contributed by atoms with Gasteiger partial charge in [-0.25, -0.2) is 12.4 Å². The molecule has 8 heteroatoms. The number of anilines is 1. The Morgan fingerprint density at radius 2 is 1.70 bits per heavy atom. The van der Waals surface area contributed by atoms with Crippen LogP contribution in [0.2, 0.25) is 5.02 Å². The number of carbonyl (C=O) groups excluding carboxylic acids is 1. The highest BCUT2D eigenvalue weighted by molar-refractivity contribution is 7.90. The molecule has 0 saturated carbocycles. The maximum atomic E-state index is 13.3. The molecule has 0 radical (unpaired) electrons. The number of nitriles is 1. The number of halogens is 1. The van der Waals surface area contributed by atoms with Crippen LogP contribution >= 0.6 is 11.6 Å². The molecule has 0 spiro atoms. The molecule has 33 heavy (non-hydrogen) atoms. The minimum absolute atomic E-state index is 0.144. The summed E-state index contributed by atoms with van der Waals surface area (Å²) < 4.78 is 27.8. The Bertz CT molecular complexity index is 1530. The van der Waals surface area contributed by atoms with E-state index in [2.05, 4.69) is 5.32 Å². The third kappa shape index (κ3) is 4.53. The van der Waals surface area contributed by atoms with Crippen LogP contribution < -0.4 is 5.32 Å². The summed E-state index contributed by atoms with van der Waals surface area (Å²) in [6.45, 7) is 1.88. The van der Waals surface area contributed by atoms with Crippen molar-refractivity contribution in [1.29, 1.82) is 5.26 Å². The fourth-order valence-electron chi connectivity index (χ4n) is 3.35. The highest BCUT2D eigenvalue weighted by Crippen LogP contribution is 2.28. The van der Waals surface area contributed by atoms with E-state index in [1.807, 2.05) is 13.0 Å². The van der Waals surface area contributed by atoms with E-state index in [0.717, 1.165) is 5.56 Å². The van der Waals surface area contributed by atoms with Gasteiger partial charge in [0.15, 0.2) is 0 Å². The first-order valence-electron chi connectivity index (χ1n) is 9.90. The normalized spacial score (nSPS) is 11.8. The van der Waals surface area contributed by atoms with Gasteiger partial charge in [0, 0.05) is 27.9 Å². The standard InChI is InChI=1S/C25H18ClN3O3S/c1-17-6-12-22(13-7-17)33(31,32)29-16-19(23-4-2-3-5-24(23)29)14-18(15-27)25(30)28-21-10-8-20(26)9-11-21/h2-14,16H,1H3,(H,28,30). The van der Waals surface area contributed by atoms with Gasteiger partial charge in [-0.05, 0) is 55.5 Å². The van der Waals surface area contributed by atoms with Crippen molar-refractivity contribution < 1.29 is 13.2 Å². The van der Waals surface area contributed by atoms with E-state index < -0.39 is 15.9 Å². The molecule has 3 aromatic carbocycles. The summed E-state index contributed by atoms with van der Waals surface area (Å²) in [5.74, 6) is -0.613. The monoisotopic (exact) mass is 475 g/mol. The molecule has 0 aliphatic rings. The summed E-state index contributed by atoms with van der Waals surface area (Å²) in [7, 11) is -3.89. The smallest absolute Gasteiger partial charge is 0.268 e. The lowest BCUT2D eigenvalue weighted by molar-refractivity contribution is -0.112. The fourth-order valence-corrected chi connectivity index (χ4v) is 4.85. The first-order chi connectivity index (χ1) is 15.8. The quantitative estimate of drug-likeness (QED) is 0.309. The van der Waals surface area contributed by atoms with Gasteiger partial charge in [-0.2, -0.15) is 5.26 Å². The van der Waals surface area contributed by atoms with Crippen LogP contribution in [0.25, 0.3) is 17.0 Å². The molecule has 1 N–H and O–H groups in total. The molecule has 1 amide bonds. The van der Waals surface area contributed by atoms with E-state index in [-0.39, 0.29) is 10.5 Å². The van der Waals surface area contributed by atoms with Crippen LogP contribution in [0.3, 0.4) is 0 Å². The van der Waals surface area contributed by atoms with Crippen LogP contribution in [0.1, 0.15) is 11.1 Å². The minimum Gasteiger partial charge on any atom is -0.321 e. The van der Waals surface area contributed by atoms with Gasteiger partial charge in [-0.3, -0.25) is 4.79 Å². The minimum atomic E-state index is -3.89. The second kappa shape index (κ2) is 8.94. The number of nitrogens with zero attached hydrogens (tertiary/aromatic N) is 2. The highest BCUT2D eigenvalue weighted by Gasteiger charge is 2.21. The Hall–Kier alpha value is -3.86. The van der Waals surface area contributed by atoms with E-state index in [0.29, 0.717) is 27.2 Å². The molecule has 0 aliphatic carbocycles. The number of fused-ring (bicyclic) bond motifs is 1. The van der Waals surface area contributed by atoms with Crippen molar-refractivity contribution in [3.63, 3.8) is 0 Å². The van der Waals surface area contributed by atoms with Crippen LogP contribution in [0, 0.1) is 18.3 Å². The third-order valence-electron chi connectivity index (χ3n) is 5.05. The second-order valence-corrected chi connectivity index (χ2v) is 9.60. The van der Waals surface area contributed by atoms with Crippen LogP contribution in [-0.2, 0) is 14.8 Å². The number of rotatable bonds is 5. The van der Waals surface area contributed by atoms with E-state index in [4.69, 9.17) is 11.6 Å². The largest absolute Gasteiger partial charge is 0.321 e. The lowest BCUT2D eigenvalue weighted by atomic mass is 10.1. The number of nitrogens with one attached hydrogen (secondary N) is 1. The molecule has 4 rings (SSSR count). The van der Waals surface area contributed by atoms with Crippen molar-refractivity contribution in [2.75, 3.05) is 5.32 Å². The van der Waals surface area contributed by atoms with Crippen molar-refractivity contribution in [2.24, 2.45) is 0 Å². The van der Waals surface area contributed by atoms with Gasteiger partial charge >= 0.3 is 0 Å². The van der Waals surface area contributed by atoms with E-state index in [1.54, 1.807) is 72.8 Å². The zero-order valence-corrected chi connectivity index (χ0v) is 19.1. The number of carbonyl (C=O) groups is 1. The number of aryl methyl sites for hydroxylation is 1. The number of hydrogen-bond acceptors (Lipinski definition) is 4. The Kier molecular flexibility index (Phi) is 6.05. The topological polar surface area (TPSA) is 92.0 Å². The summed E-state index contributed by atoms with van der Waals surface area (Å²) in [5, 5.41) is 13.4. The molecule has 0 bridgehead atoms. The molecule has 0 unspecified atom stereocenters. The van der Waals surface area contributed by atoms with Crippen molar-refractivity contribution in [1.82, 2.24) is 3.97 Å². The zero-order valence-electron chi connectivity index (χ0n) is 17.5. The molecular formula is C25H18ClN3O3S. The molecule has 0 aliphatic heterocycles. The Labute approximate surface area is 196 Å². The molecule has 0 fully saturated rings. The molecule has 0 saturated heterocycles. The molecular weight excluding hydrogens is 458 g/mol. The number of hydrogen-bond donors (Lipinski definition) is 1. The average Bonchev–Trinajstić information content (AvgIpc) is 3.18. The van der Waals surface area contributed by atoms with Crippen molar-refractivity contribution in [2.45, 2.75) is 11.8 Å². The van der Waals surface area contributed by atoms with Crippen LogP contribution in [0.5, 0.6) is 0 Å². The maximum absolute atomic E-state index is 13.3. The van der Waals surface area contributed by atoms with Crippen molar-refractivity contribution in [3.05, 3.63) is 101 Å². The number of benzene rings is 3. The molecule has 4 aromatic rings. The maximum Gasteiger partial charge on any atom is 0.268 e. The third-order valence-corrected chi connectivity index (χ3v) is 6.99. The van der Waals surface area contributed by atoms with Crippen LogP contribution in [-0.4, -0.2) is 18.3 Å². The lowest BCUT2D eigenvalue weighted by Gasteiger charge is -2.07. The summed E-state index contributed by atoms with van der Waals surface area (Å²) >= 11 is 5.86. The van der Waals surface area contributed by atoms with Crippen LogP contribution in [0.4, 0.5) is 5.69 Å². The summed E-state index contributed by atoms with van der Waals surface area (Å²) in [4.78, 5) is 12.8. The Morgan fingerprint density at radius 1 is 1.03 bits per heavy atom. The Morgan fingerprint density at radius 3 is 2.36 bits per heavy atom. The predicted molar refractivity (Wildman–Crippen MR) is 129 cm³/mol. The van der Waals surface area contributed by atoms with Gasteiger partial charge in [0.25, 0.3) is 15.9 Å². The SMILES string of the molecule is Cc1ccc(S(=O)(=O)n2cc(C=C(C#N)C(=O)Nc3ccc(Cl)cc3)c3ccccc32)cc1. The fraction of sp³-hybridized carbons (Fsp3) is 0.0400. The summed E-state index contributed by atoms with van der Waals surface area (Å²) in [6, 6.07) is 21.9. The number of aromatic nitrogens is 1. The molecule has 6 nitrogen and oxygen atoms in total. The van der Waals surface area contributed by atoms with Gasteiger partial charge in [-0.1, -0.05) is 47.5 Å². The van der Waals surface area contributed by atoms with E-state index in [9.17, 15) is 18.5 Å². The van der Waals surface area contributed by atoms with Gasteiger partial charge < -0.3 is 5.32 Å². The predicted octanol–water partition coefficient (Wildman–Crippen LogP) is 5.39. The van der Waals surface area contributed by atoms with E-state index in [1.165, 1.54) is 16.2 Å². The second-order valence-electron chi connectivity index (χ2n) is 7.35. The Balaban J connectivity index is 1.77. The number of amides is 1. The zero-order chi connectivity index (χ0) is 23.6. The first kappa shape index (κ1) is 22.3. The van der Waals surface area contributed by atoms with Gasteiger partial charge in [0.1, 0.15) is 11.6 Å². The van der Waals surface area contributed by atoms with Gasteiger partial charge in [-0.15, -0.1) is 0 Å². The van der Waals surface area contributed by atoms with Gasteiger partial charge in [0.2, 0.25) is 0 Å². The van der Waals surface area contributed by atoms with Gasteiger partial charge in [0.05, 0.1) is 10.4 Å². The molecule has 1 aromatic heterocycles. The molecule has 0 atom stereocenters. The average molecular weight is 476 g/mol. The summed E-state index contributed by atoms with van der Waals surface area (Å²) in [5.41, 5.74) is 2.14. The molecule has 1 heterocycles. The van der Waals surface area contributed by atoms with Crippen molar-refractivity contribution in [3.8, 4) is 6.07 Å².